The van der Waals surface area contributed by atoms with Crippen LogP contribution in [0.1, 0.15) is 22.9 Å². The Balaban J connectivity index is 1.63. The molecule has 0 fully saturated rings. The van der Waals surface area contributed by atoms with Gasteiger partial charge in [-0.05, 0) is 66.3 Å². The number of tetrazole rings is 1. The third-order valence-corrected chi connectivity index (χ3v) is 6.12. The van der Waals surface area contributed by atoms with Gasteiger partial charge in [0.2, 0.25) is 11.1 Å². The first kappa shape index (κ1) is 18.6. The number of nitrogens with zero attached hydrogens (tertiary/aromatic N) is 4. The molecule has 0 aliphatic heterocycles. The van der Waals surface area contributed by atoms with E-state index >= 15 is 0 Å². The molecule has 2 aromatic heterocycles. The van der Waals surface area contributed by atoms with Gasteiger partial charge in [-0.15, -0.1) is 16.4 Å². The molecule has 0 saturated heterocycles. The lowest BCUT2D eigenvalue weighted by Crippen LogP contribution is -2.32. The molecule has 0 aliphatic carbocycles. The number of aryl methyl sites for hydroxylation is 1. The predicted octanol–water partition coefficient (Wildman–Crippen LogP) is 3.18. The number of thiophene rings is 1. The zero-order chi connectivity index (χ0) is 18.5. The van der Waals surface area contributed by atoms with E-state index in [1.807, 2.05) is 37.4 Å². The Morgan fingerprint density at radius 1 is 1.31 bits per heavy atom. The number of rotatable bonds is 7. The zero-order valence-corrected chi connectivity index (χ0v) is 16.6. The molecule has 6 nitrogen and oxygen atoms in total. The normalized spacial score (nSPS) is 12.1. The Kier molecular flexibility index (Phi) is 6.05. The second-order valence-corrected chi connectivity index (χ2v) is 8.31. The van der Waals surface area contributed by atoms with Crippen LogP contribution in [0.25, 0.3) is 5.69 Å². The maximum atomic E-state index is 12.4. The van der Waals surface area contributed by atoms with E-state index in [4.69, 9.17) is 0 Å². The number of amides is 1. The van der Waals surface area contributed by atoms with Crippen molar-refractivity contribution in [3.05, 3.63) is 51.7 Å². The van der Waals surface area contributed by atoms with Crippen molar-refractivity contribution in [2.75, 3.05) is 6.54 Å². The van der Waals surface area contributed by atoms with Crippen LogP contribution in [0.5, 0.6) is 0 Å². The quantitative estimate of drug-likeness (QED) is 0.631. The van der Waals surface area contributed by atoms with Gasteiger partial charge in [-0.3, -0.25) is 4.79 Å². The van der Waals surface area contributed by atoms with Crippen LogP contribution in [0.4, 0.5) is 0 Å². The summed E-state index contributed by atoms with van der Waals surface area (Å²) >= 11 is 3.06. The fourth-order valence-corrected chi connectivity index (χ4v) is 4.02. The van der Waals surface area contributed by atoms with Gasteiger partial charge in [0, 0.05) is 11.4 Å². The molecular weight excluding hydrogens is 366 g/mol. The molecule has 0 unspecified atom stereocenters. The monoisotopic (exact) mass is 387 g/mol. The molecule has 0 saturated carbocycles. The lowest BCUT2D eigenvalue weighted by Gasteiger charge is -2.13. The summed E-state index contributed by atoms with van der Waals surface area (Å²) in [5.41, 5.74) is 3.23. The maximum Gasteiger partial charge on any atom is 0.233 e. The average Bonchev–Trinajstić information content (AvgIpc) is 3.29. The van der Waals surface area contributed by atoms with E-state index in [0.717, 1.165) is 17.7 Å². The van der Waals surface area contributed by atoms with E-state index in [1.54, 1.807) is 16.0 Å². The molecule has 0 radical (unpaired) electrons. The Morgan fingerprint density at radius 3 is 2.92 bits per heavy atom. The topological polar surface area (TPSA) is 72.7 Å². The molecule has 0 spiro atoms. The SMILES string of the molecule is Cc1cccc(-n2nnnc2S[C@@H](C)C(=O)NCCc2cccs2)c1C. The van der Waals surface area contributed by atoms with Crippen molar-refractivity contribution >= 4 is 29.0 Å². The van der Waals surface area contributed by atoms with E-state index in [-0.39, 0.29) is 11.2 Å². The van der Waals surface area contributed by atoms with E-state index in [0.29, 0.717) is 11.7 Å². The van der Waals surface area contributed by atoms with Gasteiger partial charge in [0.15, 0.2) is 0 Å². The first-order chi connectivity index (χ1) is 12.6. The highest BCUT2D eigenvalue weighted by Crippen LogP contribution is 2.25. The molecule has 1 amide bonds. The summed E-state index contributed by atoms with van der Waals surface area (Å²) in [6, 6.07) is 10.1. The van der Waals surface area contributed by atoms with Gasteiger partial charge in [-0.1, -0.05) is 30.0 Å². The number of thioether (sulfide) groups is 1. The van der Waals surface area contributed by atoms with Crippen LogP contribution in [0.3, 0.4) is 0 Å². The molecule has 2 heterocycles. The highest BCUT2D eigenvalue weighted by atomic mass is 32.2. The smallest absolute Gasteiger partial charge is 0.233 e. The van der Waals surface area contributed by atoms with E-state index in [2.05, 4.69) is 39.9 Å². The molecule has 136 valence electrons. The highest BCUT2D eigenvalue weighted by Gasteiger charge is 2.19. The summed E-state index contributed by atoms with van der Waals surface area (Å²) in [6.07, 6.45) is 0.848. The summed E-state index contributed by atoms with van der Waals surface area (Å²) in [5, 5.41) is 17.3. The maximum absolute atomic E-state index is 12.4. The van der Waals surface area contributed by atoms with Crippen LogP contribution in [0.2, 0.25) is 0 Å². The average molecular weight is 388 g/mol. The number of carbonyl (C=O) groups excluding carboxylic acids is 1. The first-order valence-electron chi connectivity index (χ1n) is 8.38. The number of hydrogen-bond acceptors (Lipinski definition) is 6. The molecule has 0 bridgehead atoms. The van der Waals surface area contributed by atoms with Crippen molar-refractivity contribution in [3.8, 4) is 5.69 Å². The second-order valence-electron chi connectivity index (χ2n) is 5.97. The Labute approximate surface area is 161 Å². The van der Waals surface area contributed by atoms with Crippen LogP contribution < -0.4 is 5.32 Å². The number of aromatic nitrogens is 4. The number of carbonyl (C=O) groups is 1. The van der Waals surface area contributed by atoms with E-state index < -0.39 is 0 Å². The van der Waals surface area contributed by atoms with Gasteiger partial charge in [-0.2, -0.15) is 4.68 Å². The molecule has 3 aromatic rings. The largest absolute Gasteiger partial charge is 0.355 e. The number of hydrogen-bond donors (Lipinski definition) is 1. The molecule has 26 heavy (non-hydrogen) atoms. The van der Waals surface area contributed by atoms with Crippen molar-refractivity contribution < 1.29 is 4.79 Å². The van der Waals surface area contributed by atoms with Crippen LogP contribution in [-0.2, 0) is 11.2 Å². The van der Waals surface area contributed by atoms with Gasteiger partial charge in [0.05, 0.1) is 10.9 Å². The van der Waals surface area contributed by atoms with Crippen LogP contribution in [-0.4, -0.2) is 37.9 Å². The summed E-state index contributed by atoms with van der Waals surface area (Å²) in [6.45, 7) is 6.60. The van der Waals surface area contributed by atoms with Crippen molar-refractivity contribution in [2.45, 2.75) is 37.6 Å². The lowest BCUT2D eigenvalue weighted by molar-refractivity contribution is -0.120. The second kappa shape index (κ2) is 8.46. The van der Waals surface area contributed by atoms with E-state index in [1.165, 1.54) is 22.2 Å². The molecule has 8 heteroatoms. The fraction of sp³-hybridized carbons (Fsp3) is 0.333. The van der Waals surface area contributed by atoms with Gasteiger partial charge >= 0.3 is 0 Å². The minimum Gasteiger partial charge on any atom is -0.355 e. The minimum absolute atomic E-state index is 0.0120. The minimum atomic E-state index is -0.284. The van der Waals surface area contributed by atoms with Gasteiger partial charge in [0.1, 0.15) is 0 Å². The third-order valence-electron chi connectivity index (χ3n) is 4.15. The lowest BCUT2D eigenvalue weighted by atomic mass is 10.1. The van der Waals surface area contributed by atoms with Gasteiger partial charge in [0.25, 0.3) is 0 Å². The van der Waals surface area contributed by atoms with Crippen molar-refractivity contribution in [1.82, 2.24) is 25.5 Å². The highest BCUT2D eigenvalue weighted by molar-refractivity contribution is 8.00. The Bertz CT molecular complexity index is 876. The predicted molar refractivity (Wildman–Crippen MR) is 105 cm³/mol. The molecule has 1 N–H and O–H groups in total. The zero-order valence-electron chi connectivity index (χ0n) is 15.0. The summed E-state index contributed by atoms with van der Waals surface area (Å²) in [5.74, 6) is -0.0120. The van der Waals surface area contributed by atoms with Crippen LogP contribution in [0, 0.1) is 13.8 Å². The van der Waals surface area contributed by atoms with E-state index in [9.17, 15) is 4.79 Å². The van der Waals surface area contributed by atoms with Crippen molar-refractivity contribution in [2.24, 2.45) is 0 Å². The van der Waals surface area contributed by atoms with Crippen molar-refractivity contribution in [3.63, 3.8) is 0 Å². The molecule has 0 aliphatic rings. The van der Waals surface area contributed by atoms with Gasteiger partial charge in [-0.25, -0.2) is 0 Å². The molecule has 1 atom stereocenters. The summed E-state index contributed by atoms with van der Waals surface area (Å²) in [4.78, 5) is 13.6. The first-order valence-corrected chi connectivity index (χ1v) is 10.1. The fourth-order valence-electron chi connectivity index (χ4n) is 2.49. The standard InChI is InChI=1S/C18H21N5OS2/c1-12-6-4-8-16(13(12)2)23-18(20-21-22-23)26-14(3)17(24)19-10-9-15-7-5-11-25-15/h4-8,11,14H,9-10H2,1-3H3,(H,19,24)/t14-/m0/s1. The van der Waals surface area contributed by atoms with Crippen LogP contribution >= 0.6 is 23.1 Å². The summed E-state index contributed by atoms with van der Waals surface area (Å²) in [7, 11) is 0. The molecule has 3 rings (SSSR count). The Hall–Kier alpha value is -2.19. The van der Waals surface area contributed by atoms with Crippen LogP contribution in [0.15, 0.2) is 40.9 Å². The van der Waals surface area contributed by atoms with Crippen molar-refractivity contribution in [1.29, 1.82) is 0 Å². The Morgan fingerprint density at radius 2 is 2.15 bits per heavy atom. The molecule has 1 aromatic carbocycles. The molecular formula is C18H21N5OS2. The van der Waals surface area contributed by atoms with Gasteiger partial charge < -0.3 is 5.32 Å². The third kappa shape index (κ3) is 4.31. The number of benzene rings is 1. The number of nitrogens with one attached hydrogen (secondary N) is 1. The summed E-state index contributed by atoms with van der Waals surface area (Å²) < 4.78 is 1.70.